The fraction of sp³-hybridized carbons (Fsp3) is 0.462. The van der Waals surface area contributed by atoms with Crippen LogP contribution in [-0.4, -0.2) is 17.6 Å². The molecule has 0 spiro atoms. The number of phenols is 1. The van der Waals surface area contributed by atoms with Crippen LogP contribution in [0.15, 0.2) is 18.2 Å². The standard InChI is InChI=1S/C13H18FNO2/c1-9(2)5-13(17)15-4-3-10-6-11(14)8-12(16)7-10/h6-9,16H,3-5H2,1-2H3,(H,15,17). The first kappa shape index (κ1) is 13.5. The number of carbonyl (C=O) groups is 1. The Balaban J connectivity index is 2.38. The molecule has 0 aromatic heterocycles. The zero-order chi connectivity index (χ0) is 12.8. The Hall–Kier alpha value is -1.58. The summed E-state index contributed by atoms with van der Waals surface area (Å²) in [6.45, 7) is 4.41. The molecule has 4 heteroatoms. The molecule has 1 aromatic rings. The summed E-state index contributed by atoms with van der Waals surface area (Å²) in [6, 6.07) is 3.91. The molecule has 0 saturated heterocycles. The lowest BCUT2D eigenvalue weighted by atomic mass is 10.1. The zero-order valence-electron chi connectivity index (χ0n) is 10.2. The lowest BCUT2D eigenvalue weighted by Crippen LogP contribution is -2.26. The van der Waals surface area contributed by atoms with Crippen molar-refractivity contribution >= 4 is 5.91 Å². The SMILES string of the molecule is CC(C)CC(=O)NCCc1cc(O)cc(F)c1. The van der Waals surface area contributed by atoms with Gasteiger partial charge in [-0.15, -0.1) is 0 Å². The van der Waals surface area contributed by atoms with Crippen LogP contribution in [0.4, 0.5) is 4.39 Å². The molecule has 0 saturated carbocycles. The molecule has 2 N–H and O–H groups in total. The highest BCUT2D eigenvalue weighted by atomic mass is 19.1. The third kappa shape index (κ3) is 5.33. The van der Waals surface area contributed by atoms with Gasteiger partial charge in [0.1, 0.15) is 11.6 Å². The van der Waals surface area contributed by atoms with E-state index in [0.717, 1.165) is 6.07 Å². The topological polar surface area (TPSA) is 49.3 Å². The van der Waals surface area contributed by atoms with Crippen molar-refractivity contribution < 1.29 is 14.3 Å². The average molecular weight is 239 g/mol. The number of aromatic hydroxyl groups is 1. The summed E-state index contributed by atoms with van der Waals surface area (Å²) < 4.78 is 12.9. The van der Waals surface area contributed by atoms with Gasteiger partial charge in [-0.25, -0.2) is 4.39 Å². The van der Waals surface area contributed by atoms with Gasteiger partial charge < -0.3 is 10.4 Å². The average Bonchev–Trinajstić information content (AvgIpc) is 2.14. The third-order valence-electron chi connectivity index (χ3n) is 2.27. The number of amides is 1. The molecule has 0 atom stereocenters. The van der Waals surface area contributed by atoms with E-state index in [1.54, 1.807) is 0 Å². The minimum absolute atomic E-state index is 0.000579. The van der Waals surface area contributed by atoms with E-state index in [0.29, 0.717) is 30.9 Å². The van der Waals surface area contributed by atoms with Gasteiger partial charge in [-0.05, 0) is 30.0 Å². The number of benzene rings is 1. The van der Waals surface area contributed by atoms with E-state index in [9.17, 15) is 14.3 Å². The molecule has 0 unspecified atom stereocenters. The van der Waals surface area contributed by atoms with Crippen molar-refractivity contribution in [2.75, 3.05) is 6.54 Å². The van der Waals surface area contributed by atoms with Crippen LogP contribution in [0.3, 0.4) is 0 Å². The fourth-order valence-corrected chi connectivity index (χ4v) is 1.57. The number of rotatable bonds is 5. The van der Waals surface area contributed by atoms with Crippen molar-refractivity contribution in [3.8, 4) is 5.75 Å². The van der Waals surface area contributed by atoms with Crippen LogP contribution in [0, 0.1) is 11.7 Å². The summed E-state index contributed by atoms with van der Waals surface area (Å²) in [7, 11) is 0. The lowest BCUT2D eigenvalue weighted by Gasteiger charge is -2.07. The van der Waals surface area contributed by atoms with E-state index >= 15 is 0 Å². The van der Waals surface area contributed by atoms with Crippen molar-refractivity contribution in [3.63, 3.8) is 0 Å². The quantitative estimate of drug-likeness (QED) is 0.827. The van der Waals surface area contributed by atoms with E-state index in [1.165, 1.54) is 12.1 Å². The number of hydrogen-bond donors (Lipinski definition) is 2. The second-order valence-corrected chi connectivity index (χ2v) is 4.52. The molecule has 1 aromatic carbocycles. The fourth-order valence-electron chi connectivity index (χ4n) is 1.57. The van der Waals surface area contributed by atoms with Crippen molar-refractivity contribution in [1.82, 2.24) is 5.32 Å². The van der Waals surface area contributed by atoms with Gasteiger partial charge in [-0.1, -0.05) is 13.8 Å². The Kier molecular flexibility index (Phi) is 4.94. The largest absolute Gasteiger partial charge is 0.508 e. The van der Waals surface area contributed by atoms with Gasteiger partial charge in [0.05, 0.1) is 0 Å². The van der Waals surface area contributed by atoms with Crippen molar-refractivity contribution in [2.24, 2.45) is 5.92 Å². The predicted molar refractivity (Wildman–Crippen MR) is 64.2 cm³/mol. The maximum atomic E-state index is 12.9. The Morgan fingerprint density at radius 2 is 2.12 bits per heavy atom. The molecule has 0 bridgehead atoms. The van der Waals surface area contributed by atoms with E-state index in [-0.39, 0.29) is 11.7 Å². The molecule has 0 fully saturated rings. The van der Waals surface area contributed by atoms with Crippen LogP contribution < -0.4 is 5.32 Å². The van der Waals surface area contributed by atoms with Crippen LogP contribution >= 0.6 is 0 Å². The highest BCUT2D eigenvalue weighted by molar-refractivity contribution is 5.76. The first-order valence-electron chi connectivity index (χ1n) is 5.72. The van der Waals surface area contributed by atoms with E-state index in [2.05, 4.69) is 5.32 Å². The second kappa shape index (κ2) is 6.23. The molecule has 94 valence electrons. The molecule has 1 amide bonds. The van der Waals surface area contributed by atoms with E-state index in [4.69, 9.17) is 0 Å². The summed E-state index contributed by atoms with van der Waals surface area (Å²) in [5.74, 6) is -0.226. The molecule has 0 radical (unpaired) electrons. The van der Waals surface area contributed by atoms with Gasteiger partial charge >= 0.3 is 0 Å². The molecule has 0 aliphatic heterocycles. The normalized spacial score (nSPS) is 10.6. The predicted octanol–water partition coefficient (Wildman–Crippen LogP) is 2.24. The number of hydrogen-bond acceptors (Lipinski definition) is 2. The Labute approximate surface area is 101 Å². The zero-order valence-corrected chi connectivity index (χ0v) is 10.2. The van der Waals surface area contributed by atoms with Crippen LogP contribution in [0.1, 0.15) is 25.8 Å². The number of nitrogens with one attached hydrogen (secondary N) is 1. The summed E-state index contributed by atoms with van der Waals surface area (Å²) in [5.41, 5.74) is 0.673. The Morgan fingerprint density at radius 3 is 2.71 bits per heavy atom. The molecule has 0 heterocycles. The smallest absolute Gasteiger partial charge is 0.220 e. The molecular weight excluding hydrogens is 221 g/mol. The first-order chi connectivity index (χ1) is 7.97. The summed E-state index contributed by atoms with van der Waals surface area (Å²) in [6.07, 6.45) is 1.00. The molecule has 0 aliphatic rings. The highest BCUT2D eigenvalue weighted by Crippen LogP contribution is 2.14. The van der Waals surface area contributed by atoms with Crippen LogP contribution in [0.25, 0.3) is 0 Å². The highest BCUT2D eigenvalue weighted by Gasteiger charge is 2.04. The summed E-state index contributed by atoms with van der Waals surface area (Å²) >= 11 is 0. The number of phenolic OH excluding ortho intramolecular Hbond substituents is 1. The lowest BCUT2D eigenvalue weighted by molar-refractivity contribution is -0.121. The van der Waals surface area contributed by atoms with Gasteiger partial charge in [0, 0.05) is 19.0 Å². The molecule has 1 rings (SSSR count). The van der Waals surface area contributed by atoms with Gasteiger partial charge in [0.25, 0.3) is 0 Å². The van der Waals surface area contributed by atoms with Gasteiger partial charge in [0.15, 0.2) is 0 Å². The Bertz CT molecular complexity index is 371. The van der Waals surface area contributed by atoms with Crippen LogP contribution in [0.5, 0.6) is 5.75 Å². The molecule has 3 nitrogen and oxygen atoms in total. The summed E-state index contributed by atoms with van der Waals surface area (Å²) in [4.78, 5) is 11.3. The second-order valence-electron chi connectivity index (χ2n) is 4.52. The van der Waals surface area contributed by atoms with Gasteiger partial charge in [-0.3, -0.25) is 4.79 Å². The van der Waals surface area contributed by atoms with Crippen molar-refractivity contribution in [2.45, 2.75) is 26.7 Å². The van der Waals surface area contributed by atoms with Crippen LogP contribution in [0.2, 0.25) is 0 Å². The van der Waals surface area contributed by atoms with E-state index in [1.807, 2.05) is 13.8 Å². The molecule has 17 heavy (non-hydrogen) atoms. The maximum absolute atomic E-state index is 12.9. The summed E-state index contributed by atoms with van der Waals surface area (Å²) in [5, 5.41) is 12.0. The van der Waals surface area contributed by atoms with Crippen molar-refractivity contribution in [1.29, 1.82) is 0 Å². The Morgan fingerprint density at radius 1 is 1.41 bits per heavy atom. The monoisotopic (exact) mass is 239 g/mol. The molecular formula is C13H18FNO2. The number of halogens is 1. The van der Waals surface area contributed by atoms with E-state index < -0.39 is 5.82 Å². The van der Waals surface area contributed by atoms with Gasteiger partial charge in [-0.2, -0.15) is 0 Å². The molecule has 0 aliphatic carbocycles. The minimum Gasteiger partial charge on any atom is -0.508 e. The first-order valence-corrected chi connectivity index (χ1v) is 5.72. The minimum atomic E-state index is -0.464. The third-order valence-corrected chi connectivity index (χ3v) is 2.27. The number of carbonyl (C=O) groups excluding carboxylic acids is 1. The maximum Gasteiger partial charge on any atom is 0.220 e. The van der Waals surface area contributed by atoms with Crippen molar-refractivity contribution in [3.05, 3.63) is 29.6 Å². The van der Waals surface area contributed by atoms with Gasteiger partial charge in [0.2, 0.25) is 5.91 Å². The van der Waals surface area contributed by atoms with Crippen LogP contribution in [-0.2, 0) is 11.2 Å².